The highest BCUT2D eigenvalue weighted by atomic mass is 16.4. The molecule has 14 nitrogen and oxygen atoms in total. The lowest BCUT2D eigenvalue weighted by Crippen LogP contribution is -2.57. The minimum Gasteiger partial charge on any atom is -0.481 e. The molecular weight excluding hydrogens is 478 g/mol. The summed E-state index contributed by atoms with van der Waals surface area (Å²) in [6.07, 6.45) is 0.0304. The summed E-state index contributed by atoms with van der Waals surface area (Å²) in [5.41, 5.74) is 11.3. The SMILES string of the molecule is CC(C)CC(NC(=O)C(N)CCCCN)C(=O)NC(CCC(=O)O)C(=O)NC(CCC(=O)O)C(=O)O. The molecule has 0 heterocycles. The van der Waals surface area contributed by atoms with E-state index >= 15 is 0 Å². The molecule has 0 aliphatic carbocycles. The zero-order chi connectivity index (χ0) is 27.8. The first-order valence-corrected chi connectivity index (χ1v) is 11.8. The van der Waals surface area contributed by atoms with Crippen LogP contribution in [0.1, 0.15) is 65.2 Å². The highest BCUT2D eigenvalue weighted by Crippen LogP contribution is 2.09. The lowest BCUT2D eigenvalue weighted by Gasteiger charge is -2.26. The van der Waals surface area contributed by atoms with Crippen molar-refractivity contribution < 1.29 is 44.1 Å². The molecule has 0 bridgehead atoms. The van der Waals surface area contributed by atoms with Crippen LogP contribution in [0.2, 0.25) is 0 Å². The number of unbranched alkanes of at least 4 members (excludes halogenated alkanes) is 1. The van der Waals surface area contributed by atoms with Crippen LogP contribution in [0.25, 0.3) is 0 Å². The predicted molar refractivity (Wildman–Crippen MR) is 128 cm³/mol. The molecular formula is C22H39N5O9. The van der Waals surface area contributed by atoms with Crippen LogP contribution in [-0.2, 0) is 28.8 Å². The smallest absolute Gasteiger partial charge is 0.326 e. The summed E-state index contributed by atoms with van der Waals surface area (Å²) in [7, 11) is 0. The average Bonchev–Trinajstić information content (AvgIpc) is 2.77. The van der Waals surface area contributed by atoms with Crippen molar-refractivity contribution in [2.45, 2.75) is 89.4 Å². The molecule has 0 aliphatic rings. The second-order valence-corrected chi connectivity index (χ2v) is 8.91. The third-order valence-corrected chi connectivity index (χ3v) is 5.19. The molecule has 0 aromatic heterocycles. The number of aliphatic carboxylic acids is 3. The molecule has 0 spiro atoms. The Balaban J connectivity index is 5.52. The molecule has 3 amide bonds. The van der Waals surface area contributed by atoms with E-state index in [1.807, 2.05) is 13.8 Å². The maximum Gasteiger partial charge on any atom is 0.326 e. The molecule has 36 heavy (non-hydrogen) atoms. The first-order valence-electron chi connectivity index (χ1n) is 11.8. The zero-order valence-electron chi connectivity index (χ0n) is 20.7. The molecule has 4 unspecified atom stereocenters. The van der Waals surface area contributed by atoms with E-state index in [1.165, 1.54) is 0 Å². The van der Waals surface area contributed by atoms with Gasteiger partial charge in [0.2, 0.25) is 17.7 Å². The summed E-state index contributed by atoms with van der Waals surface area (Å²) in [6, 6.07) is -4.96. The highest BCUT2D eigenvalue weighted by Gasteiger charge is 2.31. The molecule has 206 valence electrons. The number of carboxylic acids is 3. The topological polar surface area (TPSA) is 251 Å². The Labute approximate surface area is 209 Å². The quantitative estimate of drug-likeness (QED) is 0.0940. The maximum absolute atomic E-state index is 13.0. The fourth-order valence-electron chi connectivity index (χ4n) is 3.23. The number of hydrogen-bond donors (Lipinski definition) is 8. The van der Waals surface area contributed by atoms with Gasteiger partial charge in [-0.2, -0.15) is 0 Å². The number of hydrogen-bond acceptors (Lipinski definition) is 8. The van der Waals surface area contributed by atoms with Crippen molar-refractivity contribution in [3.05, 3.63) is 0 Å². The van der Waals surface area contributed by atoms with Crippen LogP contribution in [0.4, 0.5) is 0 Å². The van der Waals surface area contributed by atoms with Crippen molar-refractivity contribution in [1.82, 2.24) is 16.0 Å². The summed E-state index contributed by atoms with van der Waals surface area (Å²) in [5, 5.41) is 34.2. The van der Waals surface area contributed by atoms with E-state index in [-0.39, 0.29) is 18.8 Å². The Morgan fingerprint density at radius 2 is 1.17 bits per heavy atom. The van der Waals surface area contributed by atoms with E-state index in [4.69, 9.17) is 21.7 Å². The third kappa shape index (κ3) is 14.2. The van der Waals surface area contributed by atoms with Gasteiger partial charge in [0.25, 0.3) is 0 Å². The summed E-state index contributed by atoms with van der Waals surface area (Å²) in [4.78, 5) is 71.4. The molecule has 0 aromatic rings. The van der Waals surface area contributed by atoms with Gasteiger partial charge in [0.15, 0.2) is 0 Å². The van der Waals surface area contributed by atoms with Gasteiger partial charge in [-0.3, -0.25) is 24.0 Å². The van der Waals surface area contributed by atoms with Crippen LogP contribution in [0.15, 0.2) is 0 Å². The number of nitrogens with one attached hydrogen (secondary N) is 3. The van der Waals surface area contributed by atoms with Gasteiger partial charge >= 0.3 is 17.9 Å². The average molecular weight is 518 g/mol. The minimum absolute atomic E-state index is 0.0479. The molecule has 0 fully saturated rings. The van der Waals surface area contributed by atoms with Crippen LogP contribution >= 0.6 is 0 Å². The van der Waals surface area contributed by atoms with E-state index in [0.29, 0.717) is 25.8 Å². The van der Waals surface area contributed by atoms with Crippen molar-refractivity contribution in [1.29, 1.82) is 0 Å². The van der Waals surface area contributed by atoms with E-state index in [0.717, 1.165) is 0 Å². The van der Waals surface area contributed by atoms with E-state index < -0.39 is 79.1 Å². The number of nitrogens with two attached hydrogens (primary N) is 2. The second-order valence-electron chi connectivity index (χ2n) is 8.91. The lowest BCUT2D eigenvalue weighted by atomic mass is 10.0. The molecule has 14 heteroatoms. The molecule has 0 saturated carbocycles. The van der Waals surface area contributed by atoms with Gasteiger partial charge in [0.05, 0.1) is 6.04 Å². The first-order chi connectivity index (χ1) is 16.8. The van der Waals surface area contributed by atoms with E-state index in [1.54, 1.807) is 0 Å². The molecule has 0 saturated heterocycles. The third-order valence-electron chi connectivity index (χ3n) is 5.19. The maximum atomic E-state index is 13.0. The van der Waals surface area contributed by atoms with Gasteiger partial charge in [0.1, 0.15) is 18.1 Å². The van der Waals surface area contributed by atoms with Gasteiger partial charge in [-0.1, -0.05) is 20.3 Å². The predicted octanol–water partition coefficient (Wildman–Crippen LogP) is -1.24. The Morgan fingerprint density at radius 1 is 0.694 bits per heavy atom. The van der Waals surface area contributed by atoms with Gasteiger partial charge in [-0.05, 0) is 44.6 Å². The molecule has 0 aliphatic heterocycles. The monoisotopic (exact) mass is 517 g/mol. The van der Waals surface area contributed by atoms with Gasteiger partial charge in [-0.15, -0.1) is 0 Å². The fraction of sp³-hybridized carbons (Fsp3) is 0.727. The normalized spacial score (nSPS) is 14.2. The Bertz CT molecular complexity index is 775. The number of carboxylic acid groups (broad SMARTS) is 3. The fourth-order valence-corrected chi connectivity index (χ4v) is 3.23. The van der Waals surface area contributed by atoms with Crippen molar-refractivity contribution in [3.8, 4) is 0 Å². The number of rotatable bonds is 19. The number of carbonyl (C=O) groups is 6. The van der Waals surface area contributed by atoms with Crippen molar-refractivity contribution in [2.24, 2.45) is 17.4 Å². The van der Waals surface area contributed by atoms with Crippen molar-refractivity contribution >= 4 is 35.6 Å². The van der Waals surface area contributed by atoms with Crippen molar-refractivity contribution in [2.75, 3.05) is 6.54 Å². The Morgan fingerprint density at radius 3 is 1.64 bits per heavy atom. The highest BCUT2D eigenvalue weighted by molar-refractivity contribution is 5.94. The summed E-state index contributed by atoms with van der Waals surface area (Å²) in [6.45, 7) is 4.07. The summed E-state index contributed by atoms with van der Waals surface area (Å²) in [5.74, 6) is -6.38. The number of amides is 3. The van der Waals surface area contributed by atoms with Crippen molar-refractivity contribution in [3.63, 3.8) is 0 Å². The molecule has 0 aromatic carbocycles. The molecule has 0 radical (unpaired) electrons. The van der Waals surface area contributed by atoms with Gasteiger partial charge in [0, 0.05) is 12.8 Å². The van der Waals surface area contributed by atoms with Gasteiger partial charge < -0.3 is 42.7 Å². The van der Waals surface area contributed by atoms with Crippen LogP contribution in [0.5, 0.6) is 0 Å². The summed E-state index contributed by atoms with van der Waals surface area (Å²) < 4.78 is 0. The minimum atomic E-state index is -1.56. The number of carbonyl (C=O) groups excluding carboxylic acids is 3. The molecule has 0 rings (SSSR count). The standard InChI is InChI=1S/C22H39N5O9/c1-12(2)11-16(27-19(32)13(24)5-3-4-10-23)21(34)25-14(6-8-17(28)29)20(33)26-15(22(35)36)7-9-18(30)31/h12-16H,3-11,23-24H2,1-2H3,(H,25,34)(H,26,33)(H,27,32)(H,28,29)(H,30,31)(H,35,36). The second kappa shape index (κ2) is 17.2. The van der Waals surface area contributed by atoms with Crippen LogP contribution in [0, 0.1) is 5.92 Å². The Hall–Kier alpha value is -3.26. The van der Waals surface area contributed by atoms with E-state index in [9.17, 15) is 33.9 Å². The molecule has 4 atom stereocenters. The Kier molecular flexibility index (Phi) is 15.7. The molecule has 10 N–H and O–H groups in total. The van der Waals surface area contributed by atoms with Crippen LogP contribution in [-0.4, -0.2) is 81.7 Å². The zero-order valence-corrected chi connectivity index (χ0v) is 20.7. The largest absolute Gasteiger partial charge is 0.481 e. The van der Waals surface area contributed by atoms with E-state index in [2.05, 4.69) is 16.0 Å². The lowest BCUT2D eigenvalue weighted by molar-refractivity contribution is -0.144. The van der Waals surface area contributed by atoms with Gasteiger partial charge in [-0.25, -0.2) is 4.79 Å². The van der Waals surface area contributed by atoms with Crippen LogP contribution in [0.3, 0.4) is 0 Å². The summed E-state index contributed by atoms with van der Waals surface area (Å²) >= 11 is 0. The first kappa shape index (κ1) is 32.7. The van der Waals surface area contributed by atoms with Crippen LogP contribution < -0.4 is 27.4 Å².